The van der Waals surface area contributed by atoms with Crippen molar-refractivity contribution in [1.82, 2.24) is 10.2 Å². The first-order valence-electron chi connectivity index (χ1n) is 13.2. The molecule has 3 aromatic carbocycles. The number of nitrogens with zero attached hydrogens (tertiary/aromatic N) is 2. The van der Waals surface area contributed by atoms with Crippen molar-refractivity contribution in [2.45, 2.75) is 57.5 Å². The van der Waals surface area contributed by atoms with E-state index in [1.54, 1.807) is 43.3 Å². The number of carbonyl (C=O) groups excluding carboxylic acids is 2. The average Bonchev–Trinajstić information content (AvgIpc) is 2.93. The van der Waals surface area contributed by atoms with Crippen LogP contribution in [-0.2, 0) is 26.2 Å². The summed E-state index contributed by atoms with van der Waals surface area (Å²) >= 11 is 6.04. The topological polar surface area (TPSA) is 86.8 Å². The third-order valence-electron chi connectivity index (χ3n) is 6.49. The molecule has 0 aromatic heterocycles. The lowest BCUT2D eigenvalue weighted by Gasteiger charge is -2.33. The molecule has 40 heavy (non-hydrogen) atoms. The van der Waals surface area contributed by atoms with Crippen LogP contribution in [0.1, 0.15) is 44.2 Å². The van der Waals surface area contributed by atoms with Crippen LogP contribution in [0, 0.1) is 12.7 Å². The van der Waals surface area contributed by atoms with Gasteiger partial charge < -0.3 is 10.2 Å². The number of hydrogen-bond acceptors (Lipinski definition) is 4. The molecule has 0 bridgehead atoms. The number of hydrogen-bond donors (Lipinski definition) is 1. The summed E-state index contributed by atoms with van der Waals surface area (Å²) in [4.78, 5) is 28.4. The van der Waals surface area contributed by atoms with Crippen molar-refractivity contribution >= 4 is 39.1 Å². The predicted molar refractivity (Wildman–Crippen MR) is 156 cm³/mol. The van der Waals surface area contributed by atoms with Crippen molar-refractivity contribution < 1.29 is 22.4 Å². The quantitative estimate of drug-likeness (QED) is 0.260. The molecular weight excluding hydrogens is 553 g/mol. The van der Waals surface area contributed by atoms with E-state index in [4.69, 9.17) is 11.6 Å². The molecule has 0 radical (unpaired) electrons. The lowest BCUT2D eigenvalue weighted by atomic mass is 10.1. The second-order valence-corrected chi connectivity index (χ2v) is 11.8. The van der Waals surface area contributed by atoms with Crippen molar-refractivity contribution in [1.29, 1.82) is 0 Å². The van der Waals surface area contributed by atoms with E-state index < -0.39 is 34.3 Å². The number of sulfonamides is 1. The maximum absolute atomic E-state index is 15.0. The van der Waals surface area contributed by atoms with Crippen LogP contribution in [0.15, 0.2) is 77.7 Å². The third-order valence-corrected chi connectivity index (χ3v) is 8.52. The highest BCUT2D eigenvalue weighted by Gasteiger charge is 2.34. The van der Waals surface area contributed by atoms with E-state index in [0.717, 1.165) is 28.8 Å². The molecule has 0 fully saturated rings. The Morgan fingerprint density at radius 3 is 2.23 bits per heavy atom. The molecule has 0 saturated carbocycles. The van der Waals surface area contributed by atoms with Crippen LogP contribution in [0.25, 0.3) is 0 Å². The fourth-order valence-corrected chi connectivity index (χ4v) is 5.76. The standard InChI is InChI=1S/C30H35ClFN3O4S/c1-4-6-19-33-30(37)27(5-2)34(20-23-13-15-24(31)16-14-23)29(36)21-35(28-10-8-7-9-26(28)32)40(38,39)25-17-11-22(3)12-18-25/h7-18,27H,4-6,19-21H2,1-3H3,(H,33,37)/t27-/m1/s1. The van der Waals surface area contributed by atoms with Gasteiger partial charge in [0.2, 0.25) is 11.8 Å². The molecule has 0 aliphatic rings. The monoisotopic (exact) mass is 587 g/mol. The highest BCUT2D eigenvalue weighted by Crippen LogP contribution is 2.27. The molecular formula is C30H35ClFN3O4S. The Morgan fingerprint density at radius 1 is 0.975 bits per heavy atom. The first-order chi connectivity index (χ1) is 19.1. The maximum atomic E-state index is 15.0. The van der Waals surface area contributed by atoms with Gasteiger partial charge in [-0.25, -0.2) is 12.8 Å². The predicted octanol–water partition coefficient (Wildman–Crippen LogP) is 5.71. The zero-order valence-electron chi connectivity index (χ0n) is 22.9. The van der Waals surface area contributed by atoms with Crippen molar-refractivity contribution in [3.8, 4) is 0 Å². The Morgan fingerprint density at radius 2 is 1.62 bits per heavy atom. The largest absolute Gasteiger partial charge is 0.354 e. The summed E-state index contributed by atoms with van der Waals surface area (Å²) in [6.07, 6.45) is 1.96. The van der Waals surface area contributed by atoms with Crippen molar-refractivity contribution in [2.24, 2.45) is 0 Å². The minimum atomic E-state index is -4.34. The summed E-state index contributed by atoms with van der Waals surface area (Å²) in [5.74, 6) is -1.77. The fraction of sp³-hybridized carbons (Fsp3) is 0.333. The third kappa shape index (κ3) is 7.82. The van der Waals surface area contributed by atoms with Crippen LogP contribution in [0.5, 0.6) is 0 Å². The van der Waals surface area contributed by atoms with E-state index in [1.165, 1.54) is 35.2 Å². The summed E-state index contributed by atoms with van der Waals surface area (Å²) in [6.45, 7) is 5.39. The number of unbranched alkanes of at least 4 members (excludes halogenated alkanes) is 1. The number of benzene rings is 3. The van der Waals surface area contributed by atoms with Gasteiger partial charge in [0.25, 0.3) is 10.0 Å². The van der Waals surface area contributed by atoms with Crippen LogP contribution >= 0.6 is 11.6 Å². The second-order valence-electron chi connectivity index (χ2n) is 9.49. The Bertz CT molecular complexity index is 1400. The smallest absolute Gasteiger partial charge is 0.264 e. The molecule has 7 nitrogen and oxygen atoms in total. The summed E-state index contributed by atoms with van der Waals surface area (Å²) < 4.78 is 43.4. The Balaban J connectivity index is 2.04. The van der Waals surface area contributed by atoms with E-state index in [0.29, 0.717) is 23.6 Å². The number of carbonyl (C=O) groups is 2. The first-order valence-corrected chi connectivity index (χ1v) is 15.1. The van der Waals surface area contributed by atoms with E-state index in [1.807, 2.05) is 13.8 Å². The minimum absolute atomic E-state index is 0.0331. The van der Waals surface area contributed by atoms with E-state index in [-0.39, 0.29) is 23.0 Å². The van der Waals surface area contributed by atoms with E-state index in [9.17, 15) is 18.0 Å². The number of para-hydroxylation sites is 1. The summed E-state index contributed by atoms with van der Waals surface area (Å²) in [5, 5.41) is 3.39. The summed E-state index contributed by atoms with van der Waals surface area (Å²) in [6, 6.07) is 17.5. The summed E-state index contributed by atoms with van der Waals surface area (Å²) in [5.41, 5.74) is 1.29. The number of nitrogens with one attached hydrogen (secondary N) is 1. The van der Waals surface area contributed by atoms with Gasteiger partial charge >= 0.3 is 0 Å². The van der Waals surface area contributed by atoms with Gasteiger partial charge in [-0.15, -0.1) is 0 Å². The Labute approximate surface area is 241 Å². The first kappa shape index (κ1) is 31.1. The van der Waals surface area contributed by atoms with Gasteiger partial charge in [-0.3, -0.25) is 13.9 Å². The number of rotatable bonds is 13. The highest BCUT2D eigenvalue weighted by molar-refractivity contribution is 7.92. The zero-order valence-corrected chi connectivity index (χ0v) is 24.5. The van der Waals surface area contributed by atoms with Gasteiger partial charge in [0.15, 0.2) is 0 Å². The zero-order chi connectivity index (χ0) is 29.3. The SMILES string of the molecule is CCCCNC(=O)[C@@H](CC)N(Cc1ccc(Cl)cc1)C(=O)CN(c1ccccc1F)S(=O)(=O)c1ccc(C)cc1. The van der Waals surface area contributed by atoms with Gasteiger partial charge in [-0.2, -0.15) is 0 Å². The Hall–Kier alpha value is -3.43. The molecule has 214 valence electrons. The molecule has 0 aliphatic carbocycles. The summed E-state index contributed by atoms with van der Waals surface area (Å²) in [7, 11) is -4.34. The molecule has 0 aliphatic heterocycles. The normalized spacial score (nSPS) is 12.0. The molecule has 2 amide bonds. The van der Waals surface area contributed by atoms with Crippen molar-refractivity contribution in [3.05, 3.63) is 94.8 Å². The van der Waals surface area contributed by atoms with Gasteiger partial charge in [-0.05, 0) is 61.7 Å². The van der Waals surface area contributed by atoms with Crippen LogP contribution in [0.4, 0.5) is 10.1 Å². The minimum Gasteiger partial charge on any atom is -0.354 e. The molecule has 0 heterocycles. The van der Waals surface area contributed by atoms with Gasteiger partial charge in [-0.1, -0.05) is 73.8 Å². The lowest BCUT2D eigenvalue weighted by Crippen LogP contribution is -2.52. The van der Waals surface area contributed by atoms with Gasteiger partial charge in [0.05, 0.1) is 10.6 Å². The van der Waals surface area contributed by atoms with Gasteiger partial charge in [0, 0.05) is 18.1 Å². The molecule has 10 heteroatoms. The number of halogens is 2. The number of anilines is 1. The number of amides is 2. The van der Waals surface area contributed by atoms with E-state index >= 15 is 4.39 Å². The van der Waals surface area contributed by atoms with E-state index in [2.05, 4.69) is 5.32 Å². The molecule has 0 unspecified atom stereocenters. The van der Waals surface area contributed by atoms with Crippen LogP contribution in [0.2, 0.25) is 5.02 Å². The molecule has 0 spiro atoms. The molecule has 3 rings (SSSR count). The second kappa shape index (κ2) is 14.3. The van der Waals surface area contributed by atoms with Gasteiger partial charge in [0.1, 0.15) is 18.4 Å². The van der Waals surface area contributed by atoms with Crippen LogP contribution < -0.4 is 9.62 Å². The van der Waals surface area contributed by atoms with Crippen LogP contribution in [-0.4, -0.2) is 44.3 Å². The molecule has 0 saturated heterocycles. The average molecular weight is 588 g/mol. The Kier molecular flexibility index (Phi) is 11.1. The van der Waals surface area contributed by atoms with Crippen molar-refractivity contribution in [3.63, 3.8) is 0 Å². The molecule has 3 aromatic rings. The van der Waals surface area contributed by atoms with Crippen molar-refractivity contribution in [2.75, 3.05) is 17.4 Å². The lowest BCUT2D eigenvalue weighted by molar-refractivity contribution is -0.140. The van der Waals surface area contributed by atoms with Crippen LogP contribution in [0.3, 0.4) is 0 Å². The number of aryl methyl sites for hydroxylation is 1. The fourth-order valence-electron chi connectivity index (χ4n) is 4.22. The molecule has 1 N–H and O–H groups in total. The highest BCUT2D eigenvalue weighted by atomic mass is 35.5. The molecule has 1 atom stereocenters. The maximum Gasteiger partial charge on any atom is 0.264 e.